The Morgan fingerprint density at radius 2 is 2.38 bits per heavy atom. The van der Waals surface area contributed by atoms with Gasteiger partial charge in [-0.3, -0.25) is 4.79 Å². The van der Waals surface area contributed by atoms with Crippen LogP contribution >= 0.6 is 0 Å². The van der Waals surface area contributed by atoms with Gasteiger partial charge in [-0.1, -0.05) is 0 Å². The number of cyclic esters (lactones) is 1. The zero-order chi connectivity index (χ0) is 9.05. The third kappa shape index (κ3) is 0.957. The molecule has 3 aliphatic rings. The van der Waals surface area contributed by atoms with Gasteiger partial charge >= 0.3 is 5.97 Å². The van der Waals surface area contributed by atoms with Gasteiger partial charge < -0.3 is 9.47 Å². The fourth-order valence-corrected chi connectivity index (χ4v) is 3.66. The van der Waals surface area contributed by atoms with Gasteiger partial charge in [0.05, 0.1) is 18.6 Å². The lowest BCUT2D eigenvalue weighted by Gasteiger charge is -2.31. The molecule has 0 aromatic carbocycles. The second-order valence-electron chi connectivity index (χ2n) is 4.42. The van der Waals surface area contributed by atoms with Gasteiger partial charge in [-0.2, -0.15) is 0 Å². The SMILES string of the molecule is O=C1CC2(CO1)CC1CC([Si])C2O1. The molecule has 0 aromatic rings. The Bertz CT molecular complexity index is 268. The number of hydrogen-bond donors (Lipinski definition) is 0. The normalized spacial score (nSPS) is 53.3. The van der Waals surface area contributed by atoms with Crippen molar-refractivity contribution >= 4 is 16.2 Å². The number of carbonyl (C=O) groups is 1. The van der Waals surface area contributed by atoms with E-state index in [4.69, 9.17) is 9.47 Å². The van der Waals surface area contributed by atoms with Gasteiger partial charge in [-0.25, -0.2) is 0 Å². The molecule has 13 heavy (non-hydrogen) atoms. The second-order valence-corrected chi connectivity index (χ2v) is 5.17. The number of ether oxygens (including phenoxy) is 2. The van der Waals surface area contributed by atoms with Crippen molar-refractivity contribution < 1.29 is 14.3 Å². The second kappa shape index (κ2) is 2.36. The fraction of sp³-hybridized carbons (Fsp3) is 0.889. The monoisotopic (exact) mass is 195 g/mol. The Kier molecular flexibility index (Phi) is 1.45. The van der Waals surface area contributed by atoms with E-state index in [0.717, 1.165) is 12.8 Å². The highest BCUT2D eigenvalue weighted by Gasteiger charge is 2.59. The Labute approximate surface area is 80.2 Å². The van der Waals surface area contributed by atoms with E-state index < -0.39 is 0 Å². The molecule has 3 radical (unpaired) electrons. The summed E-state index contributed by atoms with van der Waals surface area (Å²) in [5.41, 5.74) is 0.417. The van der Waals surface area contributed by atoms with E-state index in [9.17, 15) is 4.79 Å². The summed E-state index contributed by atoms with van der Waals surface area (Å²) in [7, 11) is 3.66. The van der Waals surface area contributed by atoms with Crippen LogP contribution in [0.3, 0.4) is 0 Å². The number of esters is 1. The molecular formula is C9H11O3Si. The Morgan fingerprint density at radius 1 is 1.54 bits per heavy atom. The maximum Gasteiger partial charge on any atom is 0.306 e. The Balaban J connectivity index is 1.90. The smallest absolute Gasteiger partial charge is 0.306 e. The number of hydrogen-bond acceptors (Lipinski definition) is 3. The van der Waals surface area contributed by atoms with Crippen molar-refractivity contribution in [3.8, 4) is 0 Å². The Hall–Kier alpha value is -0.353. The van der Waals surface area contributed by atoms with E-state index in [-0.39, 0.29) is 17.5 Å². The highest BCUT2D eigenvalue weighted by atomic mass is 28.1. The largest absolute Gasteiger partial charge is 0.465 e. The van der Waals surface area contributed by atoms with Crippen LogP contribution in [0.15, 0.2) is 0 Å². The van der Waals surface area contributed by atoms with Crippen LogP contribution in [0, 0.1) is 5.41 Å². The molecule has 4 atom stereocenters. The summed E-state index contributed by atoms with van der Waals surface area (Å²) in [6.45, 7) is 0.563. The summed E-state index contributed by atoms with van der Waals surface area (Å²) in [5, 5.41) is 0. The minimum absolute atomic E-state index is 0.00637. The van der Waals surface area contributed by atoms with Crippen LogP contribution in [0.2, 0.25) is 5.54 Å². The minimum atomic E-state index is -0.0602. The van der Waals surface area contributed by atoms with Crippen LogP contribution in [0.25, 0.3) is 0 Å². The quantitative estimate of drug-likeness (QED) is 0.415. The highest BCUT2D eigenvalue weighted by Crippen LogP contribution is 2.55. The summed E-state index contributed by atoms with van der Waals surface area (Å²) < 4.78 is 10.8. The average molecular weight is 195 g/mol. The molecule has 3 fully saturated rings. The lowest BCUT2D eigenvalue weighted by Crippen LogP contribution is -2.36. The standard InChI is InChI=1S/C9H11O3Si/c10-7-3-9(4-11-7)2-5-1-6(13)8(9)12-5/h5-6,8H,1-4H2. The van der Waals surface area contributed by atoms with Gasteiger partial charge in [-0.05, 0) is 18.4 Å². The fourth-order valence-electron chi connectivity index (χ4n) is 2.96. The first-order chi connectivity index (χ1) is 6.20. The molecule has 0 N–H and O–H groups in total. The molecule has 2 bridgehead atoms. The molecule has 0 aromatic heterocycles. The molecule has 1 spiro atoms. The van der Waals surface area contributed by atoms with Crippen molar-refractivity contribution in [3.05, 3.63) is 0 Å². The summed E-state index contributed by atoms with van der Waals surface area (Å²) in [4.78, 5) is 11.1. The first kappa shape index (κ1) is 8.00. The van der Waals surface area contributed by atoms with E-state index >= 15 is 0 Å². The first-order valence-electron chi connectivity index (χ1n) is 4.72. The van der Waals surface area contributed by atoms with Crippen molar-refractivity contribution in [1.82, 2.24) is 0 Å². The minimum Gasteiger partial charge on any atom is -0.465 e. The highest BCUT2D eigenvalue weighted by molar-refractivity contribution is 6.12. The molecule has 0 saturated carbocycles. The van der Waals surface area contributed by atoms with Crippen LogP contribution in [0.1, 0.15) is 19.3 Å². The van der Waals surface area contributed by atoms with E-state index in [1.807, 2.05) is 0 Å². The molecule has 3 saturated heterocycles. The average Bonchev–Trinajstić information content (AvgIpc) is 2.66. The molecule has 3 heterocycles. The van der Waals surface area contributed by atoms with Crippen LogP contribution in [0.5, 0.6) is 0 Å². The number of fused-ring (bicyclic) bond motifs is 3. The van der Waals surface area contributed by atoms with Gasteiger partial charge in [0.25, 0.3) is 0 Å². The van der Waals surface area contributed by atoms with E-state index in [2.05, 4.69) is 10.2 Å². The van der Waals surface area contributed by atoms with Crippen LogP contribution in [-0.2, 0) is 14.3 Å². The van der Waals surface area contributed by atoms with E-state index in [1.54, 1.807) is 0 Å². The van der Waals surface area contributed by atoms with Crippen molar-refractivity contribution in [2.24, 2.45) is 5.41 Å². The maximum atomic E-state index is 11.1. The van der Waals surface area contributed by atoms with Crippen LogP contribution < -0.4 is 0 Å². The molecule has 3 aliphatic heterocycles. The van der Waals surface area contributed by atoms with E-state index in [0.29, 0.717) is 24.7 Å². The van der Waals surface area contributed by atoms with Crippen molar-refractivity contribution in [1.29, 1.82) is 0 Å². The Morgan fingerprint density at radius 3 is 2.92 bits per heavy atom. The molecular weight excluding hydrogens is 184 g/mol. The molecule has 4 unspecified atom stereocenters. The molecule has 0 amide bonds. The van der Waals surface area contributed by atoms with Crippen LogP contribution in [-0.4, -0.2) is 35.0 Å². The predicted octanol–water partition coefficient (Wildman–Crippen LogP) is 0.438. The summed E-state index contributed by atoms with van der Waals surface area (Å²) in [6, 6.07) is 0. The summed E-state index contributed by atoms with van der Waals surface area (Å²) in [6.07, 6.45) is 3.18. The first-order valence-corrected chi connectivity index (χ1v) is 5.30. The van der Waals surface area contributed by atoms with E-state index in [1.165, 1.54) is 0 Å². The maximum absolute atomic E-state index is 11.1. The number of rotatable bonds is 0. The predicted molar refractivity (Wildman–Crippen MR) is 45.4 cm³/mol. The molecule has 3 nitrogen and oxygen atoms in total. The summed E-state index contributed by atoms with van der Waals surface area (Å²) in [5.74, 6) is -0.0602. The van der Waals surface area contributed by atoms with Crippen molar-refractivity contribution in [3.63, 3.8) is 0 Å². The zero-order valence-electron chi connectivity index (χ0n) is 7.29. The van der Waals surface area contributed by atoms with Crippen molar-refractivity contribution in [2.45, 2.75) is 37.0 Å². The van der Waals surface area contributed by atoms with Gasteiger partial charge in [0.15, 0.2) is 0 Å². The van der Waals surface area contributed by atoms with Crippen LogP contribution in [0.4, 0.5) is 0 Å². The molecule has 3 rings (SSSR count). The topological polar surface area (TPSA) is 35.5 Å². The molecule has 0 aliphatic carbocycles. The lowest BCUT2D eigenvalue weighted by atomic mass is 9.73. The van der Waals surface area contributed by atoms with Crippen molar-refractivity contribution in [2.75, 3.05) is 6.61 Å². The molecule has 4 heteroatoms. The lowest BCUT2D eigenvalue weighted by molar-refractivity contribution is -0.137. The van der Waals surface area contributed by atoms with Gasteiger partial charge in [0, 0.05) is 15.7 Å². The molecule has 69 valence electrons. The third-order valence-electron chi connectivity index (χ3n) is 3.48. The van der Waals surface area contributed by atoms with Gasteiger partial charge in [-0.15, -0.1) is 0 Å². The van der Waals surface area contributed by atoms with Gasteiger partial charge in [0.1, 0.15) is 6.61 Å². The number of carbonyl (C=O) groups excluding carboxylic acids is 1. The zero-order valence-corrected chi connectivity index (χ0v) is 8.29. The third-order valence-corrected chi connectivity index (χ3v) is 4.01. The summed E-state index contributed by atoms with van der Waals surface area (Å²) >= 11 is 0. The van der Waals surface area contributed by atoms with Gasteiger partial charge in [0.2, 0.25) is 0 Å².